The number of carbonyl (C=O) groups is 1. The first-order chi connectivity index (χ1) is 9.98. The fourth-order valence-corrected chi connectivity index (χ4v) is 1.95. The second kappa shape index (κ2) is 9.96. The summed E-state index contributed by atoms with van der Waals surface area (Å²) in [6, 6.07) is 0.149. The van der Waals surface area contributed by atoms with Gasteiger partial charge in [-0.1, -0.05) is 6.08 Å². The summed E-state index contributed by atoms with van der Waals surface area (Å²) >= 11 is 0. The van der Waals surface area contributed by atoms with E-state index in [2.05, 4.69) is 23.7 Å². The molecule has 1 atom stereocenters. The summed E-state index contributed by atoms with van der Waals surface area (Å²) in [5.74, 6) is 0. The van der Waals surface area contributed by atoms with E-state index in [4.69, 9.17) is 10.1 Å². The minimum absolute atomic E-state index is 0.149. The first-order valence-electron chi connectivity index (χ1n) is 7.10. The van der Waals surface area contributed by atoms with E-state index >= 15 is 0 Å². The summed E-state index contributed by atoms with van der Waals surface area (Å²) in [5.41, 5.74) is -0.270. The molecule has 1 rings (SSSR count). The van der Waals surface area contributed by atoms with Crippen LogP contribution in [0.2, 0.25) is 0 Å². The van der Waals surface area contributed by atoms with Crippen molar-refractivity contribution < 1.29 is 9.53 Å². The van der Waals surface area contributed by atoms with Gasteiger partial charge in [-0.2, -0.15) is 0 Å². The third-order valence-electron chi connectivity index (χ3n) is 3.11. The fourth-order valence-electron chi connectivity index (χ4n) is 1.95. The normalized spacial score (nSPS) is 18.6. The molecule has 0 aromatic rings. The highest BCUT2D eigenvalue weighted by atomic mass is 16.6. The summed E-state index contributed by atoms with van der Waals surface area (Å²) in [5, 5.41) is 8.68. The Bertz CT molecular complexity index is 356. The molecule has 0 spiro atoms. The number of ether oxygens (including phenoxy) is 1. The molecule has 21 heavy (non-hydrogen) atoms. The molecule has 1 aliphatic rings. The van der Waals surface area contributed by atoms with E-state index in [0.29, 0.717) is 13.2 Å². The fraction of sp³-hybridized carbons (Fsp3) is 0.667. The van der Waals surface area contributed by atoms with Crippen LogP contribution in [-0.2, 0) is 4.74 Å². The maximum absolute atomic E-state index is 12.0. The molecular weight excluding hydrogens is 268 g/mol. The average molecular weight is 296 g/mol. The van der Waals surface area contributed by atoms with Crippen molar-refractivity contribution in [2.24, 2.45) is 4.99 Å². The zero-order valence-corrected chi connectivity index (χ0v) is 13.4. The number of hydrogen-bond acceptors (Lipinski definition) is 5. The lowest BCUT2D eigenvalue weighted by atomic mass is 10.1. The molecule has 0 aromatic heterocycles. The molecule has 0 aliphatic carbocycles. The minimum Gasteiger partial charge on any atom is -0.447 e. The number of likely N-dealkylation sites (tertiary alicyclic amines) is 1. The van der Waals surface area contributed by atoms with Crippen LogP contribution < -0.4 is 5.32 Å². The van der Waals surface area contributed by atoms with Crippen LogP contribution in [0.5, 0.6) is 0 Å². The van der Waals surface area contributed by atoms with Crippen LogP contribution in [0.1, 0.15) is 33.6 Å². The van der Waals surface area contributed by atoms with Gasteiger partial charge in [0.05, 0.1) is 11.6 Å². The van der Waals surface area contributed by atoms with Crippen molar-refractivity contribution in [2.45, 2.75) is 45.2 Å². The van der Waals surface area contributed by atoms with Gasteiger partial charge < -0.3 is 20.4 Å². The van der Waals surface area contributed by atoms with E-state index in [1.807, 2.05) is 33.0 Å². The van der Waals surface area contributed by atoms with Crippen LogP contribution in [-0.4, -0.2) is 55.7 Å². The van der Waals surface area contributed by atoms with Crippen molar-refractivity contribution >= 4 is 19.5 Å². The van der Waals surface area contributed by atoms with Gasteiger partial charge in [-0.25, -0.2) is 4.79 Å². The van der Waals surface area contributed by atoms with Crippen molar-refractivity contribution in [2.75, 3.05) is 19.7 Å². The predicted molar refractivity (Wildman–Crippen MR) is 87.4 cm³/mol. The molecule has 120 valence electrons. The largest absolute Gasteiger partial charge is 0.447 e. The Kier molecular flexibility index (Phi) is 9.08. The highest BCUT2D eigenvalue weighted by Gasteiger charge is 2.25. The molecule has 1 heterocycles. The van der Waals surface area contributed by atoms with Crippen molar-refractivity contribution in [3.63, 3.8) is 0 Å². The maximum atomic E-state index is 12.0. The van der Waals surface area contributed by atoms with Crippen LogP contribution in [0, 0.1) is 5.41 Å². The van der Waals surface area contributed by atoms with Crippen LogP contribution in [0.3, 0.4) is 0 Å². The Morgan fingerprint density at radius 1 is 1.57 bits per heavy atom. The second-order valence-corrected chi connectivity index (χ2v) is 5.51. The minimum atomic E-state index is -0.270. The molecular formula is C15H28N4O2. The molecule has 0 unspecified atom stereocenters. The topological polar surface area (TPSA) is 77.8 Å². The molecule has 1 aliphatic heterocycles. The monoisotopic (exact) mass is 296 g/mol. The lowest BCUT2D eigenvalue weighted by Gasteiger charge is -2.31. The van der Waals surface area contributed by atoms with Crippen molar-refractivity contribution in [1.29, 1.82) is 5.41 Å². The van der Waals surface area contributed by atoms with Gasteiger partial charge in [0, 0.05) is 13.1 Å². The van der Waals surface area contributed by atoms with Crippen molar-refractivity contribution in [1.82, 2.24) is 10.2 Å². The Morgan fingerprint density at radius 3 is 2.81 bits per heavy atom. The number of nitrogens with one attached hydrogen (secondary N) is 2. The molecule has 6 heteroatoms. The summed E-state index contributed by atoms with van der Waals surface area (Å²) in [7, 11) is 0. The Labute approximate surface area is 127 Å². The standard InChI is InChI=1S/C14H25N3O2.CH3N/c1-5-8-16-14(2,3)11-19-13(18)17-9-6-7-12(10-17)15-4;1-2/h5,8,12,16H,4,6-7,9-11H2,1-3H3;2H,1H2/b8-5-;/t12-;/m0./s1. The second-order valence-electron chi connectivity index (χ2n) is 5.51. The number of amides is 1. The molecule has 2 N–H and O–H groups in total. The van der Waals surface area contributed by atoms with E-state index in [1.54, 1.807) is 4.90 Å². The number of hydrogen-bond donors (Lipinski definition) is 2. The molecule has 1 saturated heterocycles. The molecule has 0 radical (unpaired) electrons. The summed E-state index contributed by atoms with van der Waals surface area (Å²) in [4.78, 5) is 17.7. The number of aliphatic imine (C=N–C) groups is 1. The van der Waals surface area contributed by atoms with E-state index in [-0.39, 0.29) is 17.7 Å². The van der Waals surface area contributed by atoms with Gasteiger partial charge in [0.2, 0.25) is 0 Å². The Hall–Kier alpha value is -1.85. The lowest BCUT2D eigenvalue weighted by Crippen LogP contribution is -2.46. The zero-order valence-electron chi connectivity index (χ0n) is 13.4. The van der Waals surface area contributed by atoms with Gasteiger partial charge in [0.25, 0.3) is 0 Å². The maximum Gasteiger partial charge on any atom is 0.409 e. The van der Waals surface area contributed by atoms with Gasteiger partial charge in [0.1, 0.15) is 6.61 Å². The molecule has 1 fully saturated rings. The summed E-state index contributed by atoms with van der Waals surface area (Å²) in [6.07, 6.45) is 5.46. The van der Waals surface area contributed by atoms with Gasteiger partial charge in [0.15, 0.2) is 0 Å². The van der Waals surface area contributed by atoms with E-state index in [9.17, 15) is 4.79 Å². The molecule has 6 nitrogen and oxygen atoms in total. The Morgan fingerprint density at radius 2 is 2.24 bits per heavy atom. The number of rotatable bonds is 5. The molecule has 0 saturated carbocycles. The van der Waals surface area contributed by atoms with E-state index in [1.165, 1.54) is 0 Å². The van der Waals surface area contributed by atoms with Gasteiger partial charge in [-0.05, 0) is 53.2 Å². The number of nitrogens with zero attached hydrogens (tertiary/aromatic N) is 2. The zero-order chi connectivity index (χ0) is 16.3. The van der Waals surface area contributed by atoms with E-state index < -0.39 is 0 Å². The molecule has 0 bridgehead atoms. The summed E-state index contributed by atoms with van der Waals surface area (Å²) < 4.78 is 5.36. The summed E-state index contributed by atoms with van der Waals surface area (Å²) in [6.45, 7) is 13.7. The first-order valence-corrected chi connectivity index (χ1v) is 7.10. The van der Waals surface area contributed by atoms with Gasteiger partial charge in [-0.15, -0.1) is 0 Å². The quantitative estimate of drug-likeness (QED) is 0.765. The third-order valence-corrected chi connectivity index (χ3v) is 3.11. The molecule has 1 amide bonds. The number of carbonyl (C=O) groups excluding carboxylic acids is 1. The molecule has 0 aromatic carbocycles. The third kappa shape index (κ3) is 7.48. The van der Waals surface area contributed by atoms with Crippen LogP contribution >= 0.6 is 0 Å². The van der Waals surface area contributed by atoms with Crippen molar-refractivity contribution in [3.05, 3.63) is 12.3 Å². The average Bonchev–Trinajstić information content (AvgIpc) is 2.52. The SMILES string of the molecule is C=N.C=N[C@H]1CCCN(C(=O)OCC(C)(C)N/C=C\C)C1. The van der Waals surface area contributed by atoms with Crippen LogP contribution in [0.15, 0.2) is 17.3 Å². The van der Waals surface area contributed by atoms with Crippen LogP contribution in [0.4, 0.5) is 4.79 Å². The highest BCUT2D eigenvalue weighted by molar-refractivity contribution is 5.67. The van der Waals surface area contributed by atoms with Gasteiger partial charge >= 0.3 is 6.09 Å². The van der Waals surface area contributed by atoms with Crippen LogP contribution in [0.25, 0.3) is 0 Å². The number of allylic oxidation sites excluding steroid dienone is 1. The smallest absolute Gasteiger partial charge is 0.409 e. The first kappa shape index (κ1) is 19.1. The van der Waals surface area contributed by atoms with Gasteiger partial charge in [-0.3, -0.25) is 4.99 Å². The van der Waals surface area contributed by atoms with E-state index in [0.717, 1.165) is 19.4 Å². The predicted octanol–water partition coefficient (Wildman–Crippen LogP) is 2.46. The van der Waals surface area contributed by atoms with Crippen molar-refractivity contribution in [3.8, 4) is 0 Å². The lowest BCUT2D eigenvalue weighted by molar-refractivity contribution is 0.0735. The Balaban J connectivity index is 0.00000191. The highest BCUT2D eigenvalue weighted by Crippen LogP contribution is 2.14. The number of piperidine rings is 1.